The van der Waals surface area contributed by atoms with Crippen molar-refractivity contribution in [1.29, 1.82) is 0 Å². The van der Waals surface area contributed by atoms with E-state index in [4.69, 9.17) is 32.0 Å². The maximum atomic E-state index is 12.5. The van der Waals surface area contributed by atoms with Gasteiger partial charge in [-0.2, -0.15) is 0 Å². The molecule has 0 unspecified atom stereocenters. The second kappa shape index (κ2) is 9.45. The number of carbonyl (C=O) groups excluding carboxylic acids is 1. The number of hydrogen-bond acceptors (Lipinski definition) is 4. The zero-order valence-corrected chi connectivity index (χ0v) is 20.4. The van der Waals surface area contributed by atoms with Gasteiger partial charge in [0.2, 0.25) is 11.8 Å². The first-order valence-corrected chi connectivity index (χ1v) is 11.6. The molecular formula is C28H20Cl2N2O3. The molecule has 0 radical (unpaired) electrons. The quantitative estimate of drug-likeness (QED) is 0.245. The maximum Gasteiger partial charge on any atom is 0.248 e. The van der Waals surface area contributed by atoms with Gasteiger partial charge in [0.1, 0.15) is 17.0 Å². The van der Waals surface area contributed by atoms with Gasteiger partial charge in [0, 0.05) is 22.3 Å². The van der Waals surface area contributed by atoms with E-state index in [0.717, 1.165) is 16.7 Å². The Morgan fingerprint density at radius 2 is 1.77 bits per heavy atom. The van der Waals surface area contributed by atoms with Gasteiger partial charge in [-0.15, -0.1) is 0 Å². The van der Waals surface area contributed by atoms with Crippen molar-refractivity contribution in [2.45, 2.75) is 13.8 Å². The van der Waals surface area contributed by atoms with Crippen molar-refractivity contribution in [2.24, 2.45) is 0 Å². The van der Waals surface area contributed by atoms with Gasteiger partial charge < -0.3 is 14.2 Å². The minimum Gasteiger partial charge on any atom is -0.457 e. The van der Waals surface area contributed by atoms with Crippen LogP contribution in [-0.4, -0.2) is 10.9 Å². The molecule has 0 fully saturated rings. The van der Waals surface area contributed by atoms with E-state index in [1.807, 2.05) is 56.3 Å². The summed E-state index contributed by atoms with van der Waals surface area (Å²) in [6.45, 7) is 3.91. The monoisotopic (exact) mass is 502 g/mol. The number of amides is 1. The first kappa shape index (κ1) is 23.0. The lowest BCUT2D eigenvalue weighted by atomic mass is 10.1. The van der Waals surface area contributed by atoms with Crippen LogP contribution in [0.1, 0.15) is 16.9 Å². The Morgan fingerprint density at radius 1 is 0.914 bits per heavy atom. The van der Waals surface area contributed by atoms with E-state index in [1.165, 1.54) is 6.08 Å². The SMILES string of the molecule is Cc1ccc(-c2nc3cc(NC(=O)/C=C/c4ccc(-c5ccc(C)c(Cl)c5)o4)ccc3o2)c(Cl)c1. The number of aryl methyl sites for hydroxylation is 2. The van der Waals surface area contributed by atoms with Crippen LogP contribution in [0.2, 0.25) is 10.0 Å². The number of benzene rings is 3. The molecule has 7 heteroatoms. The average Bonchev–Trinajstić information content (AvgIpc) is 3.46. The van der Waals surface area contributed by atoms with Gasteiger partial charge in [-0.3, -0.25) is 4.79 Å². The maximum absolute atomic E-state index is 12.5. The molecule has 0 aliphatic heterocycles. The third-order valence-electron chi connectivity index (χ3n) is 5.49. The molecule has 5 aromatic rings. The van der Waals surface area contributed by atoms with Crippen LogP contribution in [-0.2, 0) is 4.79 Å². The van der Waals surface area contributed by atoms with E-state index >= 15 is 0 Å². The zero-order valence-electron chi connectivity index (χ0n) is 18.9. The average molecular weight is 503 g/mol. The largest absolute Gasteiger partial charge is 0.457 e. The summed E-state index contributed by atoms with van der Waals surface area (Å²) < 4.78 is 11.7. The molecule has 3 aromatic carbocycles. The molecule has 5 nitrogen and oxygen atoms in total. The number of anilines is 1. The summed E-state index contributed by atoms with van der Waals surface area (Å²) in [5, 5.41) is 4.08. The van der Waals surface area contributed by atoms with E-state index in [2.05, 4.69) is 10.3 Å². The predicted octanol–water partition coefficient (Wildman–Crippen LogP) is 8.33. The molecule has 1 N–H and O–H groups in total. The van der Waals surface area contributed by atoms with E-state index in [1.54, 1.807) is 30.3 Å². The van der Waals surface area contributed by atoms with Crippen LogP contribution < -0.4 is 5.32 Å². The third-order valence-corrected chi connectivity index (χ3v) is 6.21. The van der Waals surface area contributed by atoms with Crippen molar-refractivity contribution in [3.63, 3.8) is 0 Å². The number of furan rings is 1. The van der Waals surface area contributed by atoms with Crippen molar-refractivity contribution in [3.8, 4) is 22.8 Å². The van der Waals surface area contributed by atoms with Crippen LogP contribution in [0.25, 0.3) is 40.0 Å². The molecule has 0 atom stereocenters. The van der Waals surface area contributed by atoms with Gasteiger partial charge in [0.15, 0.2) is 5.58 Å². The highest BCUT2D eigenvalue weighted by molar-refractivity contribution is 6.33. The lowest BCUT2D eigenvalue weighted by molar-refractivity contribution is -0.111. The van der Waals surface area contributed by atoms with Gasteiger partial charge in [-0.25, -0.2) is 4.98 Å². The number of carbonyl (C=O) groups is 1. The summed E-state index contributed by atoms with van der Waals surface area (Å²) in [6.07, 6.45) is 3.02. The summed E-state index contributed by atoms with van der Waals surface area (Å²) in [6, 6.07) is 20.3. The van der Waals surface area contributed by atoms with Gasteiger partial charge in [0.25, 0.3) is 0 Å². The third kappa shape index (κ3) is 5.02. The van der Waals surface area contributed by atoms with Crippen LogP contribution in [0, 0.1) is 13.8 Å². The Kier molecular flexibility index (Phi) is 6.20. The Bertz CT molecular complexity index is 1600. The lowest BCUT2D eigenvalue weighted by Gasteiger charge is -2.01. The molecule has 5 rings (SSSR count). The predicted molar refractivity (Wildman–Crippen MR) is 141 cm³/mol. The molecule has 1 amide bonds. The second-order valence-electron chi connectivity index (χ2n) is 8.17. The number of rotatable bonds is 5. The summed E-state index contributed by atoms with van der Waals surface area (Å²) in [5.74, 6) is 1.36. The van der Waals surface area contributed by atoms with Crippen molar-refractivity contribution in [2.75, 3.05) is 5.32 Å². The first-order valence-electron chi connectivity index (χ1n) is 10.9. The van der Waals surface area contributed by atoms with E-state index in [0.29, 0.717) is 49.8 Å². The summed E-state index contributed by atoms with van der Waals surface area (Å²) in [5.41, 5.74) is 5.45. The van der Waals surface area contributed by atoms with Crippen molar-refractivity contribution in [3.05, 3.63) is 99.7 Å². The van der Waals surface area contributed by atoms with Crippen LogP contribution in [0.4, 0.5) is 5.69 Å². The molecule has 0 aliphatic carbocycles. The number of nitrogens with zero attached hydrogens (tertiary/aromatic N) is 1. The molecule has 0 saturated carbocycles. The normalized spacial score (nSPS) is 11.4. The highest BCUT2D eigenvalue weighted by Gasteiger charge is 2.13. The summed E-state index contributed by atoms with van der Waals surface area (Å²) >= 11 is 12.6. The fourth-order valence-electron chi connectivity index (χ4n) is 3.60. The molecule has 35 heavy (non-hydrogen) atoms. The second-order valence-corrected chi connectivity index (χ2v) is 8.99. The number of nitrogens with one attached hydrogen (secondary N) is 1. The number of aromatic nitrogens is 1. The smallest absolute Gasteiger partial charge is 0.248 e. The number of hydrogen-bond donors (Lipinski definition) is 1. The highest BCUT2D eigenvalue weighted by atomic mass is 35.5. The van der Waals surface area contributed by atoms with Crippen molar-refractivity contribution >= 4 is 52.0 Å². The van der Waals surface area contributed by atoms with E-state index < -0.39 is 0 Å². The molecular weight excluding hydrogens is 483 g/mol. The van der Waals surface area contributed by atoms with Gasteiger partial charge in [-0.05, 0) is 79.6 Å². The van der Waals surface area contributed by atoms with Gasteiger partial charge in [0.05, 0.1) is 10.6 Å². The molecule has 174 valence electrons. The molecule has 0 bridgehead atoms. The van der Waals surface area contributed by atoms with Crippen LogP contribution in [0.15, 0.2) is 81.6 Å². The van der Waals surface area contributed by atoms with Crippen LogP contribution in [0.5, 0.6) is 0 Å². The molecule has 0 spiro atoms. The Hall–Kier alpha value is -3.80. The first-order chi connectivity index (χ1) is 16.9. The zero-order chi connectivity index (χ0) is 24.5. The number of oxazole rings is 1. The standard InChI is InChI=1S/C28H20Cl2N2O3/c1-16-3-9-21(23(30)13-16)28-32-24-15-19(6-10-26(24)35-28)31-27(33)12-8-20-7-11-25(34-20)18-5-4-17(2)22(29)14-18/h3-15H,1-2H3,(H,31,33)/b12-8+. The molecule has 2 aromatic heterocycles. The molecule has 0 saturated heterocycles. The number of halogens is 2. The van der Waals surface area contributed by atoms with Crippen LogP contribution in [0.3, 0.4) is 0 Å². The summed E-state index contributed by atoms with van der Waals surface area (Å²) in [4.78, 5) is 17.0. The minimum absolute atomic E-state index is 0.300. The minimum atomic E-state index is -0.300. The Balaban J connectivity index is 1.29. The fourth-order valence-corrected chi connectivity index (χ4v) is 4.10. The van der Waals surface area contributed by atoms with Gasteiger partial charge in [-0.1, -0.05) is 41.4 Å². The van der Waals surface area contributed by atoms with Crippen molar-refractivity contribution in [1.82, 2.24) is 4.98 Å². The highest BCUT2D eigenvalue weighted by Crippen LogP contribution is 2.32. The molecule has 2 heterocycles. The van der Waals surface area contributed by atoms with E-state index in [-0.39, 0.29) is 5.91 Å². The van der Waals surface area contributed by atoms with Crippen LogP contribution >= 0.6 is 23.2 Å². The molecule has 0 aliphatic rings. The topological polar surface area (TPSA) is 68.3 Å². The Morgan fingerprint density at radius 3 is 2.57 bits per heavy atom. The van der Waals surface area contributed by atoms with Gasteiger partial charge >= 0.3 is 0 Å². The van der Waals surface area contributed by atoms with E-state index in [9.17, 15) is 4.79 Å². The van der Waals surface area contributed by atoms with Crippen molar-refractivity contribution < 1.29 is 13.6 Å². The Labute approximate surface area is 212 Å². The summed E-state index contributed by atoms with van der Waals surface area (Å²) in [7, 11) is 0. The fraction of sp³-hybridized carbons (Fsp3) is 0.0714. The number of fused-ring (bicyclic) bond motifs is 1. The lowest BCUT2D eigenvalue weighted by Crippen LogP contribution is -2.07.